The highest BCUT2D eigenvalue weighted by Crippen LogP contribution is 2.45. The molecule has 0 fully saturated rings. The van der Waals surface area contributed by atoms with Gasteiger partial charge in [0, 0.05) is 22.5 Å². The van der Waals surface area contributed by atoms with Gasteiger partial charge in [-0.2, -0.15) is 0 Å². The number of hydrogen-bond donors (Lipinski definition) is 4. The van der Waals surface area contributed by atoms with Gasteiger partial charge >= 0.3 is 0 Å². The number of aromatic amines is 2. The fourth-order valence-electron chi connectivity index (χ4n) is 5.21. The molecule has 0 radical (unpaired) electrons. The number of sulfone groups is 1. The number of H-pyrrole nitrogens is 2. The molecule has 13 heteroatoms. The van der Waals surface area contributed by atoms with E-state index in [1.54, 1.807) is 24.3 Å². The van der Waals surface area contributed by atoms with Gasteiger partial charge in [-0.3, -0.25) is 9.59 Å². The second kappa shape index (κ2) is 11.4. The first-order valence-corrected chi connectivity index (χ1v) is 17.4. The first-order valence-electron chi connectivity index (χ1n) is 13.9. The van der Waals surface area contributed by atoms with Crippen LogP contribution in [0.1, 0.15) is 11.1 Å². The molecule has 10 nitrogen and oxygen atoms in total. The van der Waals surface area contributed by atoms with Crippen molar-refractivity contribution >= 4 is 78.6 Å². The molecule has 0 saturated carbocycles. The molecule has 6 aromatic rings. The van der Waals surface area contributed by atoms with Gasteiger partial charge in [0.15, 0.2) is 10.3 Å². The maximum absolute atomic E-state index is 13.5. The van der Waals surface area contributed by atoms with E-state index in [-0.39, 0.29) is 33.1 Å². The highest BCUT2D eigenvalue weighted by molar-refractivity contribution is 8.00. The lowest BCUT2D eigenvalue weighted by Gasteiger charge is -2.07. The molecule has 45 heavy (non-hydrogen) atoms. The summed E-state index contributed by atoms with van der Waals surface area (Å²) in [7, 11) is -3.87. The Morgan fingerprint density at radius 1 is 0.667 bits per heavy atom. The van der Waals surface area contributed by atoms with E-state index in [1.807, 2.05) is 50.2 Å². The number of anilines is 2. The van der Waals surface area contributed by atoms with Crippen molar-refractivity contribution in [1.82, 2.24) is 19.9 Å². The maximum atomic E-state index is 13.5. The molecule has 226 valence electrons. The Morgan fingerprint density at radius 2 is 1.11 bits per heavy atom. The zero-order valence-corrected chi connectivity index (χ0v) is 26.5. The highest BCUT2D eigenvalue weighted by atomic mass is 32.2. The first kappa shape index (κ1) is 29.1. The third-order valence-corrected chi connectivity index (χ3v) is 10.9. The van der Waals surface area contributed by atoms with Crippen LogP contribution in [-0.4, -0.2) is 51.7 Å². The number of aromatic nitrogens is 4. The molecule has 1 aliphatic rings. The summed E-state index contributed by atoms with van der Waals surface area (Å²) in [5, 5.41) is 6.84. The Kier molecular flexibility index (Phi) is 7.38. The number of thioether (sulfide) groups is 2. The van der Waals surface area contributed by atoms with E-state index < -0.39 is 9.84 Å². The van der Waals surface area contributed by atoms with Crippen molar-refractivity contribution in [3.05, 3.63) is 83.9 Å². The van der Waals surface area contributed by atoms with Crippen LogP contribution in [0.15, 0.2) is 92.9 Å². The summed E-state index contributed by atoms with van der Waals surface area (Å²) < 4.78 is 27.1. The molecule has 0 unspecified atom stereocenters. The zero-order valence-electron chi connectivity index (χ0n) is 24.1. The quantitative estimate of drug-likeness (QED) is 0.139. The number of hydrogen-bond acceptors (Lipinski definition) is 8. The van der Waals surface area contributed by atoms with Crippen LogP contribution >= 0.6 is 23.5 Å². The van der Waals surface area contributed by atoms with Crippen LogP contribution in [0.2, 0.25) is 0 Å². The number of carbonyl (C=O) groups is 2. The van der Waals surface area contributed by atoms with Gasteiger partial charge in [-0.1, -0.05) is 47.8 Å². The molecular formula is C32H26N6O4S3. The molecule has 4 N–H and O–H groups in total. The predicted octanol–water partition coefficient (Wildman–Crippen LogP) is 6.33. The molecule has 3 heterocycles. The summed E-state index contributed by atoms with van der Waals surface area (Å²) in [6.07, 6.45) is 0. The predicted molar refractivity (Wildman–Crippen MR) is 178 cm³/mol. The summed E-state index contributed by atoms with van der Waals surface area (Å²) in [5.41, 5.74) is 7.52. The number of nitrogens with zero attached hydrogens (tertiary/aromatic N) is 2. The molecule has 0 spiro atoms. The molecular weight excluding hydrogens is 629 g/mol. The number of carbonyl (C=O) groups excluding carboxylic acids is 2. The van der Waals surface area contributed by atoms with E-state index in [1.165, 1.54) is 35.7 Å². The van der Waals surface area contributed by atoms with Crippen molar-refractivity contribution in [3.8, 4) is 11.1 Å². The summed E-state index contributed by atoms with van der Waals surface area (Å²) >= 11 is 2.53. The number of nitrogens with one attached hydrogen (secondary N) is 4. The van der Waals surface area contributed by atoms with Crippen LogP contribution < -0.4 is 10.6 Å². The topological polar surface area (TPSA) is 150 Å². The Labute approximate surface area is 266 Å². The van der Waals surface area contributed by atoms with Crippen LogP contribution in [0.3, 0.4) is 0 Å². The lowest BCUT2D eigenvalue weighted by atomic mass is 10.0. The van der Waals surface area contributed by atoms with Crippen molar-refractivity contribution in [2.75, 3.05) is 22.1 Å². The van der Waals surface area contributed by atoms with E-state index in [2.05, 4.69) is 30.6 Å². The van der Waals surface area contributed by atoms with E-state index >= 15 is 0 Å². The van der Waals surface area contributed by atoms with Crippen LogP contribution in [-0.2, 0) is 19.4 Å². The highest BCUT2D eigenvalue weighted by Gasteiger charge is 2.33. The van der Waals surface area contributed by atoms with Gasteiger partial charge in [0.25, 0.3) is 0 Å². The monoisotopic (exact) mass is 654 g/mol. The average Bonchev–Trinajstić information content (AvgIpc) is 3.67. The molecule has 2 amide bonds. The summed E-state index contributed by atoms with van der Waals surface area (Å²) in [6.45, 7) is 4.00. The molecule has 2 aromatic heterocycles. The van der Waals surface area contributed by atoms with Crippen molar-refractivity contribution in [2.24, 2.45) is 0 Å². The molecule has 0 aliphatic carbocycles. The minimum atomic E-state index is -3.87. The molecule has 0 saturated heterocycles. The molecule has 4 aromatic carbocycles. The number of fused-ring (bicyclic) bond motifs is 5. The maximum Gasteiger partial charge on any atom is 0.234 e. The fourth-order valence-corrected chi connectivity index (χ4v) is 8.31. The third kappa shape index (κ3) is 5.81. The number of amides is 2. The minimum absolute atomic E-state index is 0.0974. The molecule has 7 rings (SSSR count). The minimum Gasteiger partial charge on any atom is -0.333 e. The van der Waals surface area contributed by atoms with Crippen LogP contribution in [0.4, 0.5) is 11.4 Å². The molecule has 1 aliphatic heterocycles. The van der Waals surface area contributed by atoms with Crippen molar-refractivity contribution < 1.29 is 18.0 Å². The number of benzene rings is 4. The van der Waals surface area contributed by atoms with E-state index in [0.29, 0.717) is 32.8 Å². The summed E-state index contributed by atoms with van der Waals surface area (Å²) in [6, 6.07) is 21.5. The van der Waals surface area contributed by atoms with Crippen LogP contribution in [0.5, 0.6) is 0 Å². The average molecular weight is 655 g/mol. The Morgan fingerprint density at radius 3 is 1.56 bits per heavy atom. The lowest BCUT2D eigenvalue weighted by molar-refractivity contribution is -0.114. The van der Waals surface area contributed by atoms with E-state index in [4.69, 9.17) is 0 Å². The van der Waals surface area contributed by atoms with Crippen LogP contribution in [0.25, 0.3) is 33.2 Å². The largest absolute Gasteiger partial charge is 0.333 e. The standard InChI is InChI=1S/C32H26N6O4S3/c1-17-3-9-23-25(11-17)37-31(35-23)43-15-29(39)33-19-5-7-21-22-8-6-20(14-28(22)45(41,42)27(21)13-19)34-30(40)16-44-32-36-24-10-4-18(2)12-26(24)38-32/h3-14H,15-16H2,1-2H3,(H,33,39)(H,34,40)(H,35,37)(H,36,38). The SMILES string of the molecule is Cc1ccc2nc(SCC(=O)Nc3ccc4c(c3)S(=O)(=O)c3cc(NC(=O)CSc5nc6ccc(C)cc6[nH]5)ccc3-4)[nH]c2c1. The third-order valence-electron chi connectivity index (χ3n) is 7.31. The van der Waals surface area contributed by atoms with Gasteiger partial charge in [0.05, 0.1) is 43.4 Å². The van der Waals surface area contributed by atoms with Crippen LogP contribution in [0, 0.1) is 13.8 Å². The number of imidazole rings is 2. The van der Waals surface area contributed by atoms with E-state index in [0.717, 1.165) is 33.2 Å². The van der Waals surface area contributed by atoms with Gasteiger partial charge in [-0.05, 0) is 73.5 Å². The number of rotatable bonds is 8. The van der Waals surface area contributed by atoms with E-state index in [9.17, 15) is 18.0 Å². The normalized spacial score (nSPS) is 13.1. The first-order chi connectivity index (χ1) is 21.6. The van der Waals surface area contributed by atoms with Crippen molar-refractivity contribution in [3.63, 3.8) is 0 Å². The zero-order chi connectivity index (χ0) is 31.3. The van der Waals surface area contributed by atoms with Gasteiger partial charge < -0.3 is 20.6 Å². The lowest BCUT2D eigenvalue weighted by Crippen LogP contribution is -2.14. The second-order valence-electron chi connectivity index (χ2n) is 10.7. The van der Waals surface area contributed by atoms with Gasteiger partial charge in [-0.25, -0.2) is 18.4 Å². The van der Waals surface area contributed by atoms with Gasteiger partial charge in [0.1, 0.15) is 0 Å². The smallest absolute Gasteiger partial charge is 0.234 e. The second-order valence-corrected chi connectivity index (χ2v) is 14.5. The molecule has 0 bridgehead atoms. The van der Waals surface area contributed by atoms with Gasteiger partial charge in [0.2, 0.25) is 21.7 Å². The Balaban J connectivity index is 0.998. The Hall–Kier alpha value is -4.59. The fraction of sp³-hybridized carbons (Fsp3) is 0.125. The summed E-state index contributed by atoms with van der Waals surface area (Å²) in [4.78, 5) is 41.1. The molecule has 0 atom stereocenters. The summed E-state index contributed by atoms with van der Waals surface area (Å²) in [5.74, 6) is -0.379. The van der Waals surface area contributed by atoms with Gasteiger partial charge in [-0.15, -0.1) is 0 Å². The number of aryl methyl sites for hydroxylation is 2. The van der Waals surface area contributed by atoms with Crippen molar-refractivity contribution in [2.45, 2.75) is 34.0 Å². The Bertz CT molecular complexity index is 2120. The van der Waals surface area contributed by atoms with Crippen molar-refractivity contribution in [1.29, 1.82) is 0 Å².